The molecule has 0 spiro atoms. The van der Waals surface area contributed by atoms with Crippen molar-refractivity contribution in [1.82, 2.24) is 14.5 Å². The van der Waals surface area contributed by atoms with Gasteiger partial charge < -0.3 is 14.0 Å². The Morgan fingerprint density at radius 3 is 2.64 bits per heavy atom. The maximum absolute atomic E-state index is 5.47. The standard InChI is InChI=1S/C20H29N3O2/c1-15-10-18(24-3)19(25-4)12-17(15)14-23-8-5-6-16(13-23)11-20-21-7-9-22(20)2/h7,9-10,12,16H,5-6,8,11,13-14H2,1-4H3/t16-/m0/s1. The van der Waals surface area contributed by atoms with Gasteiger partial charge in [-0.05, 0) is 55.5 Å². The lowest BCUT2D eigenvalue weighted by Crippen LogP contribution is -2.36. The van der Waals surface area contributed by atoms with Gasteiger partial charge in [-0.1, -0.05) is 0 Å². The molecule has 0 unspecified atom stereocenters. The van der Waals surface area contributed by atoms with Crippen LogP contribution in [0, 0.1) is 12.8 Å². The van der Waals surface area contributed by atoms with E-state index in [0.717, 1.165) is 37.6 Å². The molecule has 0 amide bonds. The molecular formula is C20H29N3O2. The van der Waals surface area contributed by atoms with Gasteiger partial charge in [-0.15, -0.1) is 0 Å². The maximum Gasteiger partial charge on any atom is 0.161 e. The molecule has 3 rings (SSSR count). The zero-order valence-electron chi connectivity index (χ0n) is 15.8. The molecule has 1 atom stereocenters. The number of aromatic nitrogens is 2. The average molecular weight is 343 g/mol. The van der Waals surface area contributed by atoms with Crippen molar-refractivity contribution in [1.29, 1.82) is 0 Å². The summed E-state index contributed by atoms with van der Waals surface area (Å²) in [4.78, 5) is 7.05. The third kappa shape index (κ3) is 4.15. The molecule has 1 aromatic heterocycles. The molecular weight excluding hydrogens is 314 g/mol. The number of hydrogen-bond acceptors (Lipinski definition) is 4. The zero-order valence-corrected chi connectivity index (χ0v) is 15.8. The van der Waals surface area contributed by atoms with Crippen LogP contribution in [0.3, 0.4) is 0 Å². The molecule has 0 saturated carbocycles. The summed E-state index contributed by atoms with van der Waals surface area (Å²) in [6, 6.07) is 4.19. The SMILES string of the molecule is COc1cc(C)c(CN2CCC[C@@H](Cc3nccn3C)C2)cc1OC. The first-order chi connectivity index (χ1) is 12.1. The fourth-order valence-electron chi connectivity index (χ4n) is 3.75. The summed E-state index contributed by atoms with van der Waals surface area (Å²) in [5.74, 6) is 3.48. The predicted octanol–water partition coefficient (Wildman–Crippen LogP) is 3.20. The molecule has 5 nitrogen and oxygen atoms in total. The van der Waals surface area contributed by atoms with E-state index in [1.807, 2.05) is 12.4 Å². The van der Waals surface area contributed by atoms with Crippen LogP contribution in [0.25, 0.3) is 0 Å². The Balaban J connectivity index is 1.67. The van der Waals surface area contributed by atoms with Crippen molar-refractivity contribution in [3.63, 3.8) is 0 Å². The predicted molar refractivity (Wildman–Crippen MR) is 99.2 cm³/mol. The summed E-state index contributed by atoms with van der Waals surface area (Å²) in [6.07, 6.45) is 7.52. The second kappa shape index (κ2) is 7.91. The van der Waals surface area contributed by atoms with Crippen molar-refractivity contribution in [3.05, 3.63) is 41.5 Å². The number of hydrogen-bond donors (Lipinski definition) is 0. The van der Waals surface area contributed by atoms with Crippen LogP contribution in [0.1, 0.15) is 29.8 Å². The molecule has 0 radical (unpaired) electrons. The topological polar surface area (TPSA) is 39.5 Å². The monoisotopic (exact) mass is 343 g/mol. The third-order valence-corrected chi connectivity index (χ3v) is 5.23. The Kier molecular flexibility index (Phi) is 5.63. The molecule has 1 saturated heterocycles. The second-order valence-corrected chi connectivity index (χ2v) is 7.04. The highest BCUT2D eigenvalue weighted by Crippen LogP contribution is 2.31. The van der Waals surface area contributed by atoms with Crippen LogP contribution in [0.2, 0.25) is 0 Å². The molecule has 0 N–H and O–H groups in total. The number of methoxy groups -OCH3 is 2. The maximum atomic E-state index is 5.47. The third-order valence-electron chi connectivity index (χ3n) is 5.23. The largest absolute Gasteiger partial charge is 0.493 e. The van der Waals surface area contributed by atoms with Crippen LogP contribution in [-0.4, -0.2) is 41.8 Å². The summed E-state index contributed by atoms with van der Waals surface area (Å²) in [7, 11) is 5.46. The van der Waals surface area contributed by atoms with Crippen LogP contribution in [0.15, 0.2) is 24.5 Å². The molecule has 0 aliphatic carbocycles. The normalized spacial score (nSPS) is 18.3. The van der Waals surface area contributed by atoms with Crippen molar-refractivity contribution >= 4 is 0 Å². The number of piperidine rings is 1. The quantitative estimate of drug-likeness (QED) is 0.807. The Morgan fingerprint density at radius 2 is 1.96 bits per heavy atom. The van der Waals surface area contributed by atoms with Gasteiger partial charge in [-0.25, -0.2) is 4.98 Å². The van der Waals surface area contributed by atoms with Crippen molar-refractivity contribution in [2.75, 3.05) is 27.3 Å². The lowest BCUT2D eigenvalue weighted by atomic mass is 9.93. The molecule has 136 valence electrons. The van der Waals surface area contributed by atoms with E-state index in [1.54, 1.807) is 14.2 Å². The molecule has 1 fully saturated rings. The lowest BCUT2D eigenvalue weighted by molar-refractivity contribution is 0.165. The van der Waals surface area contributed by atoms with Crippen molar-refractivity contribution in [2.45, 2.75) is 32.7 Å². The van der Waals surface area contributed by atoms with Gasteiger partial charge in [0.2, 0.25) is 0 Å². The van der Waals surface area contributed by atoms with Gasteiger partial charge in [-0.3, -0.25) is 4.90 Å². The average Bonchev–Trinajstić information content (AvgIpc) is 3.01. The Morgan fingerprint density at radius 1 is 1.20 bits per heavy atom. The number of aryl methyl sites for hydroxylation is 2. The first kappa shape index (κ1) is 17.8. The molecule has 1 aromatic carbocycles. The number of nitrogens with zero attached hydrogens (tertiary/aromatic N) is 3. The molecule has 5 heteroatoms. The van der Waals surface area contributed by atoms with E-state index in [4.69, 9.17) is 9.47 Å². The highest BCUT2D eigenvalue weighted by Gasteiger charge is 2.22. The molecule has 1 aliphatic rings. The van der Waals surface area contributed by atoms with E-state index in [-0.39, 0.29) is 0 Å². The van der Waals surface area contributed by atoms with Crippen LogP contribution < -0.4 is 9.47 Å². The zero-order chi connectivity index (χ0) is 17.8. The first-order valence-electron chi connectivity index (χ1n) is 9.00. The van der Waals surface area contributed by atoms with Gasteiger partial charge in [0.05, 0.1) is 14.2 Å². The lowest BCUT2D eigenvalue weighted by Gasteiger charge is -2.33. The summed E-state index contributed by atoms with van der Waals surface area (Å²) in [5, 5.41) is 0. The molecule has 0 bridgehead atoms. The highest BCUT2D eigenvalue weighted by molar-refractivity contribution is 5.47. The molecule has 2 heterocycles. The minimum atomic E-state index is 0.676. The number of imidazole rings is 1. The highest BCUT2D eigenvalue weighted by atomic mass is 16.5. The fourth-order valence-corrected chi connectivity index (χ4v) is 3.75. The van der Waals surface area contributed by atoms with Gasteiger partial charge in [0.1, 0.15) is 5.82 Å². The van der Waals surface area contributed by atoms with E-state index < -0.39 is 0 Å². The molecule has 25 heavy (non-hydrogen) atoms. The van der Waals surface area contributed by atoms with E-state index in [1.165, 1.54) is 29.8 Å². The van der Waals surface area contributed by atoms with E-state index in [0.29, 0.717) is 5.92 Å². The van der Waals surface area contributed by atoms with Gasteiger partial charge >= 0.3 is 0 Å². The number of rotatable bonds is 6. The van der Waals surface area contributed by atoms with Crippen LogP contribution in [0.4, 0.5) is 0 Å². The van der Waals surface area contributed by atoms with E-state index in [9.17, 15) is 0 Å². The summed E-state index contributed by atoms with van der Waals surface area (Å²) in [6.45, 7) is 5.39. The van der Waals surface area contributed by atoms with E-state index >= 15 is 0 Å². The second-order valence-electron chi connectivity index (χ2n) is 7.04. The van der Waals surface area contributed by atoms with Crippen molar-refractivity contribution < 1.29 is 9.47 Å². The Bertz CT molecular complexity index is 711. The smallest absolute Gasteiger partial charge is 0.161 e. The minimum Gasteiger partial charge on any atom is -0.493 e. The number of likely N-dealkylation sites (tertiary alicyclic amines) is 1. The van der Waals surface area contributed by atoms with Gasteiger partial charge in [0, 0.05) is 39.0 Å². The fraction of sp³-hybridized carbons (Fsp3) is 0.550. The summed E-state index contributed by atoms with van der Waals surface area (Å²) >= 11 is 0. The molecule has 1 aliphatic heterocycles. The Labute approximate surface area is 150 Å². The first-order valence-corrected chi connectivity index (χ1v) is 9.00. The van der Waals surface area contributed by atoms with Crippen LogP contribution in [0.5, 0.6) is 11.5 Å². The van der Waals surface area contributed by atoms with E-state index in [2.05, 4.69) is 40.6 Å². The minimum absolute atomic E-state index is 0.676. The van der Waals surface area contributed by atoms with Crippen molar-refractivity contribution in [2.24, 2.45) is 13.0 Å². The summed E-state index contributed by atoms with van der Waals surface area (Å²) in [5.41, 5.74) is 2.57. The van der Waals surface area contributed by atoms with Crippen LogP contribution >= 0.6 is 0 Å². The summed E-state index contributed by atoms with van der Waals surface area (Å²) < 4.78 is 13.0. The van der Waals surface area contributed by atoms with Gasteiger partial charge in [0.25, 0.3) is 0 Å². The van der Waals surface area contributed by atoms with Gasteiger partial charge in [-0.2, -0.15) is 0 Å². The Hall–Kier alpha value is -2.01. The van der Waals surface area contributed by atoms with Gasteiger partial charge in [0.15, 0.2) is 11.5 Å². The van der Waals surface area contributed by atoms with Crippen molar-refractivity contribution in [3.8, 4) is 11.5 Å². The van der Waals surface area contributed by atoms with Crippen LogP contribution in [-0.2, 0) is 20.0 Å². The number of ether oxygens (including phenoxy) is 2. The molecule has 2 aromatic rings. The number of benzene rings is 1.